The highest BCUT2D eigenvalue weighted by atomic mass is 16.5. The molecule has 0 unspecified atom stereocenters. The zero-order valence-electron chi connectivity index (χ0n) is 10.2. The maximum atomic E-state index is 11.5. The van der Waals surface area contributed by atoms with Crippen LogP contribution in [0.25, 0.3) is 0 Å². The SMILES string of the molecule is COCC(=O)N1CCN(C(C)(C)C#N)CC1. The van der Waals surface area contributed by atoms with Crippen molar-refractivity contribution in [3.63, 3.8) is 0 Å². The number of hydrogen-bond donors (Lipinski definition) is 0. The zero-order chi connectivity index (χ0) is 12.2. The first kappa shape index (κ1) is 12.9. The molecular weight excluding hydrogens is 206 g/mol. The topological polar surface area (TPSA) is 56.6 Å². The van der Waals surface area contributed by atoms with Gasteiger partial charge in [0.1, 0.15) is 12.1 Å². The van der Waals surface area contributed by atoms with Crippen molar-refractivity contribution in [3.05, 3.63) is 0 Å². The minimum atomic E-state index is -0.448. The summed E-state index contributed by atoms with van der Waals surface area (Å²) in [5.41, 5.74) is -0.448. The molecule has 1 saturated heterocycles. The fraction of sp³-hybridized carbons (Fsp3) is 0.818. The number of nitriles is 1. The summed E-state index contributed by atoms with van der Waals surface area (Å²) in [5, 5.41) is 9.01. The lowest BCUT2D eigenvalue weighted by atomic mass is 10.0. The van der Waals surface area contributed by atoms with E-state index < -0.39 is 5.54 Å². The van der Waals surface area contributed by atoms with E-state index in [1.807, 2.05) is 13.8 Å². The maximum absolute atomic E-state index is 11.5. The van der Waals surface area contributed by atoms with Gasteiger partial charge >= 0.3 is 0 Å². The first-order valence-electron chi connectivity index (χ1n) is 5.44. The summed E-state index contributed by atoms with van der Waals surface area (Å²) in [6, 6.07) is 2.28. The number of nitrogens with zero attached hydrogens (tertiary/aromatic N) is 3. The highest BCUT2D eigenvalue weighted by Gasteiger charge is 2.30. The third-order valence-corrected chi connectivity index (χ3v) is 2.96. The van der Waals surface area contributed by atoms with Gasteiger partial charge in [-0.25, -0.2) is 0 Å². The Labute approximate surface area is 96.6 Å². The quantitative estimate of drug-likeness (QED) is 0.682. The lowest BCUT2D eigenvalue weighted by molar-refractivity contribution is -0.137. The standard InChI is InChI=1S/C11H19N3O2/c1-11(2,9-12)14-6-4-13(5-7-14)10(15)8-16-3/h4-8H2,1-3H3. The molecule has 0 aromatic carbocycles. The fourth-order valence-corrected chi connectivity index (χ4v) is 1.80. The van der Waals surface area contributed by atoms with Crippen LogP contribution in [0.4, 0.5) is 0 Å². The van der Waals surface area contributed by atoms with E-state index in [0.717, 1.165) is 13.1 Å². The Balaban J connectivity index is 2.46. The number of hydrogen-bond acceptors (Lipinski definition) is 4. The molecule has 0 aromatic heterocycles. The van der Waals surface area contributed by atoms with Gasteiger partial charge < -0.3 is 9.64 Å². The van der Waals surface area contributed by atoms with Crippen LogP contribution < -0.4 is 0 Å². The first-order chi connectivity index (χ1) is 7.51. The number of methoxy groups -OCH3 is 1. The Hall–Kier alpha value is -1.12. The molecule has 1 aliphatic rings. The summed E-state index contributed by atoms with van der Waals surface area (Å²) in [6.45, 7) is 6.79. The molecule has 0 aromatic rings. The number of carbonyl (C=O) groups is 1. The summed E-state index contributed by atoms with van der Waals surface area (Å²) in [6.07, 6.45) is 0. The van der Waals surface area contributed by atoms with Crippen molar-refractivity contribution in [3.8, 4) is 6.07 Å². The van der Waals surface area contributed by atoms with E-state index in [1.54, 1.807) is 4.90 Å². The minimum Gasteiger partial charge on any atom is -0.375 e. The van der Waals surface area contributed by atoms with Crippen LogP contribution in [0.1, 0.15) is 13.8 Å². The predicted octanol–water partition coefficient (Wildman–Crippen LogP) is 0.0792. The lowest BCUT2D eigenvalue weighted by Gasteiger charge is -2.40. The van der Waals surface area contributed by atoms with Gasteiger partial charge in [0, 0.05) is 33.3 Å². The van der Waals surface area contributed by atoms with Crippen molar-refractivity contribution in [1.82, 2.24) is 9.80 Å². The highest BCUT2D eigenvalue weighted by molar-refractivity contribution is 5.77. The molecule has 0 atom stereocenters. The van der Waals surface area contributed by atoms with E-state index in [1.165, 1.54) is 7.11 Å². The van der Waals surface area contributed by atoms with Gasteiger partial charge in [-0.05, 0) is 13.8 Å². The van der Waals surface area contributed by atoms with Crippen LogP contribution in [0, 0.1) is 11.3 Å². The Morgan fingerprint density at radius 3 is 2.38 bits per heavy atom. The van der Waals surface area contributed by atoms with Crippen LogP contribution in [0.3, 0.4) is 0 Å². The number of ether oxygens (including phenoxy) is 1. The van der Waals surface area contributed by atoms with Gasteiger partial charge in [0.2, 0.25) is 5.91 Å². The van der Waals surface area contributed by atoms with Crippen molar-refractivity contribution in [2.75, 3.05) is 39.9 Å². The second-order valence-electron chi connectivity index (χ2n) is 4.47. The van der Waals surface area contributed by atoms with Gasteiger partial charge in [-0.15, -0.1) is 0 Å². The van der Waals surface area contributed by atoms with E-state index in [2.05, 4.69) is 11.0 Å². The number of piperazine rings is 1. The molecule has 1 rings (SSSR count). The number of carbonyl (C=O) groups excluding carboxylic acids is 1. The average molecular weight is 225 g/mol. The first-order valence-corrected chi connectivity index (χ1v) is 5.44. The summed E-state index contributed by atoms with van der Waals surface area (Å²) in [4.78, 5) is 15.4. The largest absolute Gasteiger partial charge is 0.375 e. The molecule has 0 bridgehead atoms. The predicted molar refractivity (Wildman–Crippen MR) is 59.7 cm³/mol. The second kappa shape index (κ2) is 5.28. The Bertz CT molecular complexity index is 288. The molecule has 1 amide bonds. The van der Waals surface area contributed by atoms with E-state index >= 15 is 0 Å². The molecule has 90 valence electrons. The van der Waals surface area contributed by atoms with Crippen molar-refractivity contribution < 1.29 is 9.53 Å². The molecule has 5 nitrogen and oxygen atoms in total. The van der Waals surface area contributed by atoms with E-state index in [4.69, 9.17) is 10.00 Å². The van der Waals surface area contributed by atoms with E-state index in [9.17, 15) is 4.79 Å². The van der Waals surface area contributed by atoms with Crippen molar-refractivity contribution >= 4 is 5.91 Å². The normalized spacial score (nSPS) is 18.2. The third-order valence-electron chi connectivity index (χ3n) is 2.96. The van der Waals surface area contributed by atoms with Crippen LogP contribution in [0.2, 0.25) is 0 Å². The van der Waals surface area contributed by atoms with Crippen molar-refractivity contribution in [2.45, 2.75) is 19.4 Å². The molecule has 1 fully saturated rings. The number of amides is 1. The van der Waals surface area contributed by atoms with Gasteiger partial charge in [-0.1, -0.05) is 0 Å². The Kier molecular flexibility index (Phi) is 4.27. The van der Waals surface area contributed by atoms with Gasteiger partial charge in [-0.2, -0.15) is 5.26 Å². The molecule has 0 saturated carbocycles. The van der Waals surface area contributed by atoms with Crippen LogP contribution in [0.5, 0.6) is 0 Å². The van der Waals surface area contributed by atoms with Crippen LogP contribution in [-0.4, -0.2) is 61.1 Å². The Morgan fingerprint density at radius 2 is 1.94 bits per heavy atom. The number of rotatable bonds is 3. The van der Waals surface area contributed by atoms with Gasteiger partial charge in [-0.3, -0.25) is 9.69 Å². The molecule has 0 spiro atoms. The van der Waals surface area contributed by atoms with Crippen LogP contribution in [-0.2, 0) is 9.53 Å². The second-order valence-corrected chi connectivity index (χ2v) is 4.47. The molecular formula is C11H19N3O2. The van der Waals surface area contributed by atoms with Gasteiger partial charge in [0.25, 0.3) is 0 Å². The van der Waals surface area contributed by atoms with Crippen molar-refractivity contribution in [2.24, 2.45) is 0 Å². The van der Waals surface area contributed by atoms with Crippen LogP contribution in [0.15, 0.2) is 0 Å². The van der Waals surface area contributed by atoms with Gasteiger partial charge in [0.15, 0.2) is 0 Å². The molecule has 1 heterocycles. The monoisotopic (exact) mass is 225 g/mol. The molecule has 0 N–H and O–H groups in total. The van der Waals surface area contributed by atoms with Gasteiger partial charge in [0.05, 0.1) is 6.07 Å². The Morgan fingerprint density at radius 1 is 1.38 bits per heavy atom. The molecule has 1 aliphatic heterocycles. The zero-order valence-corrected chi connectivity index (χ0v) is 10.2. The molecule has 16 heavy (non-hydrogen) atoms. The summed E-state index contributed by atoms with van der Waals surface area (Å²) >= 11 is 0. The molecule has 0 aliphatic carbocycles. The fourth-order valence-electron chi connectivity index (χ4n) is 1.80. The lowest BCUT2D eigenvalue weighted by Crippen LogP contribution is -2.55. The molecule has 0 radical (unpaired) electrons. The molecule has 5 heteroatoms. The van der Waals surface area contributed by atoms with E-state index in [0.29, 0.717) is 13.1 Å². The van der Waals surface area contributed by atoms with Crippen molar-refractivity contribution in [1.29, 1.82) is 5.26 Å². The summed E-state index contributed by atoms with van der Waals surface area (Å²) < 4.78 is 4.81. The maximum Gasteiger partial charge on any atom is 0.248 e. The minimum absolute atomic E-state index is 0.0249. The average Bonchev–Trinajstić information content (AvgIpc) is 2.29. The third kappa shape index (κ3) is 2.94. The summed E-state index contributed by atoms with van der Waals surface area (Å²) in [7, 11) is 1.52. The smallest absolute Gasteiger partial charge is 0.248 e. The summed E-state index contributed by atoms with van der Waals surface area (Å²) in [5.74, 6) is 0.0249. The van der Waals surface area contributed by atoms with Crippen LogP contribution >= 0.6 is 0 Å². The highest BCUT2D eigenvalue weighted by Crippen LogP contribution is 2.15. The van der Waals surface area contributed by atoms with E-state index in [-0.39, 0.29) is 12.5 Å².